The fourth-order valence-electron chi connectivity index (χ4n) is 3.66. The number of benzene rings is 1. The van der Waals surface area contributed by atoms with Crippen molar-refractivity contribution >= 4 is 38.5 Å². The summed E-state index contributed by atoms with van der Waals surface area (Å²) in [6.07, 6.45) is 2.44. The zero-order chi connectivity index (χ0) is 17.4. The first kappa shape index (κ1) is 16.9. The number of likely N-dealkylation sites (tertiary alicyclic amines) is 1. The van der Waals surface area contributed by atoms with Gasteiger partial charge in [-0.1, -0.05) is 0 Å². The van der Waals surface area contributed by atoms with E-state index in [1.165, 1.54) is 0 Å². The molecule has 2 fully saturated rings. The molecule has 4 rings (SSSR count). The lowest BCUT2D eigenvalue weighted by Gasteiger charge is -2.35. The van der Waals surface area contributed by atoms with E-state index in [0.29, 0.717) is 11.3 Å². The molecule has 1 aromatic heterocycles. The molecule has 0 bridgehead atoms. The first-order valence-electron chi connectivity index (χ1n) is 8.48. The van der Waals surface area contributed by atoms with Crippen LogP contribution in [0, 0.1) is 0 Å². The second kappa shape index (κ2) is 6.62. The number of nitrogens with one attached hydrogen (secondary N) is 1. The standard InChI is InChI=1S/C16H20N4O3S2/c21-16(11-1-2-14-15(9-11)19-24-18-14)17-12-3-6-20(7-4-12)13-5-8-25(22,23)10-13/h1-2,9,12-13H,3-8,10H2,(H,17,21)/t13-/m1/s1. The highest BCUT2D eigenvalue weighted by Gasteiger charge is 2.34. The van der Waals surface area contributed by atoms with E-state index < -0.39 is 9.84 Å². The molecule has 25 heavy (non-hydrogen) atoms. The predicted octanol–water partition coefficient (Wildman–Crippen LogP) is 1.07. The van der Waals surface area contributed by atoms with E-state index in [0.717, 1.165) is 55.1 Å². The summed E-state index contributed by atoms with van der Waals surface area (Å²) in [6, 6.07) is 5.65. The molecule has 0 saturated carbocycles. The van der Waals surface area contributed by atoms with Crippen LogP contribution in [-0.4, -0.2) is 64.7 Å². The Bertz CT molecular complexity index is 888. The van der Waals surface area contributed by atoms with Crippen LogP contribution >= 0.6 is 11.7 Å². The van der Waals surface area contributed by atoms with Crippen LogP contribution < -0.4 is 5.32 Å². The lowest BCUT2D eigenvalue weighted by molar-refractivity contribution is 0.0898. The summed E-state index contributed by atoms with van der Waals surface area (Å²) >= 11 is 1.14. The number of sulfone groups is 1. The summed E-state index contributed by atoms with van der Waals surface area (Å²) in [4.78, 5) is 14.7. The van der Waals surface area contributed by atoms with Crippen molar-refractivity contribution < 1.29 is 13.2 Å². The quantitative estimate of drug-likeness (QED) is 0.856. The van der Waals surface area contributed by atoms with E-state index in [1.54, 1.807) is 12.1 Å². The lowest BCUT2D eigenvalue weighted by Crippen LogP contribution is -2.48. The van der Waals surface area contributed by atoms with Crippen LogP contribution in [0.15, 0.2) is 18.2 Å². The highest BCUT2D eigenvalue weighted by Crippen LogP contribution is 2.22. The molecule has 0 spiro atoms. The van der Waals surface area contributed by atoms with Gasteiger partial charge in [0.2, 0.25) is 0 Å². The third-order valence-electron chi connectivity index (χ3n) is 5.11. The van der Waals surface area contributed by atoms with Gasteiger partial charge in [0.1, 0.15) is 11.0 Å². The van der Waals surface area contributed by atoms with Crippen LogP contribution in [0.1, 0.15) is 29.6 Å². The summed E-state index contributed by atoms with van der Waals surface area (Å²) in [6.45, 7) is 1.67. The number of hydrogen-bond donors (Lipinski definition) is 1. The van der Waals surface area contributed by atoms with Crippen molar-refractivity contribution in [3.8, 4) is 0 Å². The molecule has 7 nitrogen and oxygen atoms in total. The van der Waals surface area contributed by atoms with Gasteiger partial charge in [0.05, 0.1) is 23.2 Å². The summed E-state index contributed by atoms with van der Waals surface area (Å²) in [5.74, 6) is 0.505. The molecule has 2 aliphatic rings. The second-order valence-electron chi connectivity index (χ2n) is 6.81. The van der Waals surface area contributed by atoms with Crippen molar-refractivity contribution in [3.63, 3.8) is 0 Å². The molecule has 2 saturated heterocycles. The molecule has 3 heterocycles. The first-order valence-corrected chi connectivity index (χ1v) is 11.0. The summed E-state index contributed by atoms with van der Waals surface area (Å²) in [5, 5.41) is 3.09. The number of carbonyl (C=O) groups excluding carboxylic acids is 1. The minimum atomic E-state index is -2.85. The summed E-state index contributed by atoms with van der Waals surface area (Å²) in [5.41, 5.74) is 2.15. The predicted molar refractivity (Wildman–Crippen MR) is 96.5 cm³/mol. The van der Waals surface area contributed by atoms with Gasteiger partial charge in [-0.25, -0.2) is 8.42 Å². The average Bonchev–Trinajstić information content (AvgIpc) is 3.20. The minimum Gasteiger partial charge on any atom is -0.349 e. The van der Waals surface area contributed by atoms with Gasteiger partial charge in [0, 0.05) is 30.7 Å². The summed E-state index contributed by atoms with van der Waals surface area (Å²) < 4.78 is 31.6. The van der Waals surface area contributed by atoms with Crippen molar-refractivity contribution in [2.75, 3.05) is 24.6 Å². The monoisotopic (exact) mass is 380 g/mol. The SMILES string of the molecule is O=C(NC1CCN([C@@H]2CCS(=O)(=O)C2)CC1)c1ccc2nsnc2c1. The van der Waals surface area contributed by atoms with Crippen LogP contribution in [-0.2, 0) is 9.84 Å². The molecule has 9 heteroatoms. The van der Waals surface area contributed by atoms with E-state index in [4.69, 9.17) is 0 Å². The highest BCUT2D eigenvalue weighted by molar-refractivity contribution is 7.91. The van der Waals surface area contributed by atoms with E-state index in [1.807, 2.05) is 6.07 Å². The molecule has 1 atom stereocenters. The molecule has 0 radical (unpaired) electrons. The Kier molecular flexibility index (Phi) is 4.47. The molecule has 1 aromatic carbocycles. The minimum absolute atomic E-state index is 0.0863. The number of piperidine rings is 1. The fourth-order valence-corrected chi connectivity index (χ4v) is 5.94. The van der Waals surface area contributed by atoms with E-state index in [2.05, 4.69) is 19.0 Å². The topological polar surface area (TPSA) is 92.3 Å². The Morgan fingerprint density at radius 3 is 2.64 bits per heavy atom. The van der Waals surface area contributed by atoms with E-state index in [-0.39, 0.29) is 23.7 Å². The number of carbonyl (C=O) groups is 1. The molecule has 0 aliphatic carbocycles. The van der Waals surface area contributed by atoms with Crippen molar-refractivity contribution in [1.29, 1.82) is 0 Å². The maximum atomic E-state index is 12.5. The van der Waals surface area contributed by atoms with Gasteiger partial charge in [-0.15, -0.1) is 0 Å². The van der Waals surface area contributed by atoms with Crippen LogP contribution in [0.3, 0.4) is 0 Å². The normalized spacial score (nSPS) is 24.6. The number of fused-ring (bicyclic) bond motifs is 1. The lowest BCUT2D eigenvalue weighted by atomic mass is 10.0. The maximum absolute atomic E-state index is 12.5. The molecule has 0 unspecified atom stereocenters. The number of hydrogen-bond acceptors (Lipinski definition) is 7. The summed E-state index contributed by atoms with van der Waals surface area (Å²) in [7, 11) is -2.85. The van der Waals surface area contributed by atoms with Crippen molar-refractivity contribution in [1.82, 2.24) is 19.0 Å². The maximum Gasteiger partial charge on any atom is 0.251 e. The van der Waals surface area contributed by atoms with Gasteiger partial charge in [-0.2, -0.15) is 8.75 Å². The van der Waals surface area contributed by atoms with Gasteiger partial charge in [-0.3, -0.25) is 9.69 Å². The Hall–Kier alpha value is -1.58. The fraction of sp³-hybridized carbons (Fsp3) is 0.562. The molecular weight excluding hydrogens is 360 g/mol. The third kappa shape index (κ3) is 3.68. The number of rotatable bonds is 3. The van der Waals surface area contributed by atoms with Crippen LogP contribution in [0.2, 0.25) is 0 Å². The zero-order valence-corrected chi connectivity index (χ0v) is 15.4. The van der Waals surface area contributed by atoms with Crippen LogP contribution in [0.5, 0.6) is 0 Å². The molecule has 2 aromatic rings. The van der Waals surface area contributed by atoms with Gasteiger partial charge in [0.25, 0.3) is 5.91 Å². The van der Waals surface area contributed by atoms with Crippen molar-refractivity contribution in [2.24, 2.45) is 0 Å². The largest absolute Gasteiger partial charge is 0.349 e. The first-order chi connectivity index (χ1) is 12.0. The Labute approximate surface area is 150 Å². The Morgan fingerprint density at radius 2 is 1.92 bits per heavy atom. The smallest absolute Gasteiger partial charge is 0.251 e. The third-order valence-corrected chi connectivity index (χ3v) is 7.41. The molecule has 134 valence electrons. The van der Waals surface area contributed by atoms with Gasteiger partial charge in [-0.05, 0) is 37.5 Å². The van der Waals surface area contributed by atoms with E-state index >= 15 is 0 Å². The van der Waals surface area contributed by atoms with Crippen molar-refractivity contribution in [3.05, 3.63) is 23.8 Å². The van der Waals surface area contributed by atoms with Gasteiger partial charge >= 0.3 is 0 Å². The van der Waals surface area contributed by atoms with E-state index in [9.17, 15) is 13.2 Å². The Balaban J connectivity index is 1.33. The van der Waals surface area contributed by atoms with Crippen LogP contribution in [0.25, 0.3) is 11.0 Å². The van der Waals surface area contributed by atoms with Crippen molar-refractivity contribution in [2.45, 2.75) is 31.3 Å². The number of aromatic nitrogens is 2. The van der Waals surface area contributed by atoms with Gasteiger partial charge < -0.3 is 5.32 Å². The molecule has 1 amide bonds. The molecule has 2 aliphatic heterocycles. The Morgan fingerprint density at radius 1 is 1.16 bits per heavy atom. The van der Waals surface area contributed by atoms with Gasteiger partial charge in [0.15, 0.2) is 9.84 Å². The highest BCUT2D eigenvalue weighted by atomic mass is 32.2. The van der Waals surface area contributed by atoms with Crippen LogP contribution in [0.4, 0.5) is 0 Å². The number of nitrogens with zero attached hydrogens (tertiary/aromatic N) is 3. The average molecular weight is 380 g/mol. The zero-order valence-electron chi connectivity index (χ0n) is 13.7. The second-order valence-corrected chi connectivity index (χ2v) is 9.57. The number of amides is 1. The molecular formula is C16H20N4O3S2. The molecule has 1 N–H and O–H groups in total.